The van der Waals surface area contributed by atoms with Crippen LogP contribution in [0.5, 0.6) is 5.75 Å². The third-order valence-corrected chi connectivity index (χ3v) is 7.02. The summed E-state index contributed by atoms with van der Waals surface area (Å²) < 4.78 is 31.4. The minimum atomic E-state index is -3.59. The summed E-state index contributed by atoms with van der Waals surface area (Å²) in [5, 5.41) is 3.48. The first-order chi connectivity index (χ1) is 17.0. The molecule has 0 aromatic heterocycles. The topological polar surface area (TPSA) is 96.0 Å². The Kier molecular flexibility index (Phi) is 11.0. The fourth-order valence-electron chi connectivity index (χ4n) is 3.86. The smallest absolute Gasteiger partial charge is 0.243 e. The Balaban J connectivity index is 2.22. The molecule has 2 amide bonds. The minimum Gasteiger partial charge on any atom is -0.497 e. The van der Waals surface area contributed by atoms with Crippen LogP contribution in [0.1, 0.15) is 45.6 Å². The van der Waals surface area contributed by atoms with Crippen LogP contribution in [0, 0.1) is 0 Å². The molecule has 0 aliphatic rings. The van der Waals surface area contributed by atoms with E-state index in [0.717, 1.165) is 11.8 Å². The number of halogens is 1. The van der Waals surface area contributed by atoms with Crippen LogP contribution in [-0.4, -0.2) is 57.1 Å². The molecule has 1 N–H and O–H groups in total. The summed E-state index contributed by atoms with van der Waals surface area (Å²) in [6.07, 6.45) is 1.93. The average molecular weight is 538 g/mol. The molecule has 0 bridgehead atoms. The number of anilines is 1. The second-order valence-electron chi connectivity index (χ2n) is 8.88. The van der Waals surface area contributed by atoms with Crippen molar-refractivity contribution in [1.82, 2.24) is 10.2 Å². The van der Waals surface area contributed by atoms with E-state index in [-0.39, 0.29) is 43.8 Å². The first-order valence-corrected chi connectivity index (χ1v) is 14.1. The Morgan fingerprint density at radius 3 is 2.33 bits per heavy atom. The number of ether oxygens (including phenoxy) is 1. The quantitative estimate of drug-likeness (QED) is 0.412. The van der Waals surface area contributed by atoms with Crippen molar-refractivity contribution in [2.45, 2.75) is 58.7 Å². The molecule has 0 radical (unpaired) electrons. The Morgan fingerprint density at radius 2 is 1.78 bits per heavy atom. The number of nitrogens with zero attached hydrogens (tertiary/aromatic N) is 2. The summed E-state index contributed by atoms with van der Waals surface area (Å²) in [5.74, 6) is 0.0899. The van der Waals surface area contributed by atoms with Crippen LogP contribution in [0.3, 0.4) is 0 Å². The van der Waals surface area contributed by atoms with Gasteiger partial charge in [-0.1, -0.05) is 36.7 Å². The molecule has 0 fully saturated rings. The summed E-state index contributed by atoms with van der Waals surface area (Å²) in [4.78, 5) is 27.9. The lowest BCUT2D eigenvalue weighted by atomic mass is 10.1. The van der Waals surface area contributed by atoms with Gasteiger partial charge in [0, 0.05) is 36.6 Å². The zero-order chi connectivity index (χ0) is 26.9. The predicted octanol–water partition coefficient (Wildman–Crippen LogP) is 4.23. The highest BCUT2D eigenvalue weighted by Gasteiger charge is 2.29. The minimum absolute atomic E-state index is 0.0646. The molecule has 2 aromatic rings. The van der Waals surface area contributed by atoms with Gasteiger partial charge >= 0.3 is 0 Å². The van der Waals surface area contributed by atoms with E-state index >= 15 is 0 Å². The van der Waals surface area contributed by atoms with Crippen molar-refractivity contribution in [3.63, 3.8) is 0 Å². The monoisotopic (exact) mass is 537 g/mol. The summed E-state index contributed by atoms with van der Waals surface area (Å²) in [6, 6.07) is 13.2. The molecule has 1 unspecified atom stereocenters. The van der Waals surface area contributed by atoms with E-state index in [1.54, 1.807) is 41.3 Å². The van der Waals surface area contributed by atoms with Gasteiger partial charge in [0.2, 0.25) is 21.8 Å². The van der Waals surface area contributed by atoms with Crippen LogP contribution in [0.4, 0.5) is 5.69 Å². The van der Waals surface area contributed by atoms with Crippen molar-refractivity contribution in [3.8, 4) is 5.75 Å². The van der Waals surface area contributed by atoms with E-state index in [2.05, 4.69) is 5.32 Å². The number of nitrogens with one attached hydrogen (secondary N) is 1. The van der Waals surface area contributed by atoms with Gasteiger partial charge in [0.25, 0.3) is 0 Å². The van der Waals surface area contributed by atoms with Gasteiger partial charge < -0.3 is 15.0 Å². The molecule has 10 heteroatoms. The number of benzene rings is 2. The first-order valence-electron chi connectivity index (χ1n) is 11.9. The lowest BCUT2D eigenvalue weighted by Gasteiger charge is -2.31. The van der Waals surface area contributed by atoms with Crippen molar-refractivity contribution in [2.24, 2.45) is 0 Å². The van der Waals surface area contributed by atoms with Gasteiger partial charge in [-0.15, -0.1) is 0 Å². The fraction of sp³-hybridized carbons (Fsp3) is 0.462. The number of carbonyl (C=O) groups excluding carboxylic acids is 2. The molecule has 8 nitrogen and oxygen atoms in total. The Hall–Kier alpha value is -2.78. The van der Waals surface area contributed by atoms with Gasteiger partial charge in [-0.25, -0.2) is 8.42 Å². The molecule has 36 heavy (non-hydrogen) atoms. The van der Waals surface area contributed by atoms with Crippen LogP contribution < -0.4 is 14.4 Å². The largest absolute Gasteiger partial charge is 0.497 e. The van der Waals surface area contributed by atoms with Gasteiger partial charge in [0.15, 0.2) is 0 Å². The van der Waals surface area contributed by atoms with Crippen LogP contribution in [0.15, 0.2) is 48.5 Å². The number of hydrogen-bond donors (Lipinski definition) is 1. The number of sulfonamides is 1. The maximum atomic E-state index is 13.4. The molecular formula is C26H36ClN3O5S. The maximum Gasteiger partial charge on any atom is 0.243 e. The SMILES string of the molecule is CCC(C(=O)NC(C)C)N(Cc1ccc(Cl)cc1)C(=O)CCCN(c1cccc(OC)c1)S(C)(=O)=O. The third kappa shape index (κ3) is 8.71. The number of rotatable bonds is 13. The zero-order valence-corrected chi connectivity index (χ0v) is 23.1. The lowest BCUT2D eigenvalue weighted by molar-refractivity contribution is -0.141. The molecular weight excluding hydrogens is 502 g/mol. The van der Waals surface area contributed by atoms with E-state index in [1.807, 2.05) is 32.9 Å². The Morgan fingerprint density at radius 1 is 1.11 bits per heavy atom. The van der Waals surface area contributed by atoms with E-state index < -0.39 is 16.1 Å². The second kappa shape index (κ2) is 13.5. The van der Waals surface area contributed by atoms with Crippen LogP contribution >= 0.6 is 11.6 Å². The van der Waals surface area contributed by atoms with Crippen molar-refractivity contribution in [1.29, 1.82) is 0 Å². The van der Waals surface area contributed by atoms with E-state index in [9.17, 15) is 18.0 Å². The average Bonchev–Trinajstić information content (AvgIpc) is 2.81. The summed E-state index contributed by atoms with van der Waals surface area (Å²) in [5.41, 5.74) is 1.31. The summed E-state index contributed by atoms with van der Waals surface area (Å²) in [7, 11) is -2.07. The first kappa shape index (κ1) is 29.5. The highest BCUT2D eigenvalue weighted by atomic mass is 35.5. The molecule has 2 rings (SSSR count). The number of amides is 2. The lowest BCUT2D eigenvalue weighted by Crippen LogP contribution is -2.50. The van der Waals surface area contributed by atoms with Crippen molar-refractivity contribution >= 4 is 39.1 Å². The Bertz CT molecular complexity index is 1120. The van der Waals surface area contributed by atoms with Crippen LogP contribution in [0.25, 0.3) is 0 Å². The van der Waals surface area contributed by atoms with Crippen LogP contribution in [-0.2, 0) is 26.2 Å². The number of carbonyl (C=O) groups is 2. The second-order valence-corrected chi connectivity index (χ2v) is 11.2. The van der Waals surface area contributed by atoms with Gasteiger partial charge in [-0.2, -0.15) is 0 Å². The van der Waals surface area contributed by atoms with E-state index in [1.165, 1.54) is 11.4 Å². The molecule has 1 atom stereocenters. The van der Waals surface area contributed by atoms with Crippen molar-refractivity contribution in [3.05, 3.63) is 59.1 Å². The number of methoxy groups -OCH3 is 1. The fourth-order valence-corrected chi connectivity index (χ4v) is 4.94. The normalized spacial score (nSPS) is 12.2. The highest BCUT2D eigenvalue weighted by molar-refractivity contribution is 7.92. The third-order valence-electron chi connectivity index (χ3n) is 5.58. The highest BCUT2D eigenvalue weighted by Crippen LogP contribution is 2.24. The van der Waals surface area contributed by atoms with E-state index in [0.29, 0.717) is 22.9 Å². The van der Waals surface area contributed by atoms with Crippen molar-refractivity contribution in [2.75, 3.05) is 24.2 Å². The Labute approximate surface area is 219 Å². The van der Waals surface area contributed by atoms with Gasteiger partial charge in [-0.05, 0) is 56.5 Å². The van der Waals surface area contributed by atoms with Gasteiger partial charge in [-0.3, -0.25) is 13.9 Å². The maximum absolute atomic E-state index is 13.4. The molecule has 198 valence electrons. The number of hydrogen-bond acceptors (Lipinski definition) is 5. The van der Waals surface area contributed by atoms with Gasteiger partial charge in [0.05, 0.1) is 19.1 Å². The molecule has 0 aliphatic carbocycles. The standard InChI is InChI=1S/C26H36ClN3O5S/c1-6-24(26(32)28-19(2)3)29(18-20-12-14-21(27)15-13-20)25(31)11-8-16-30(36(5,33)34)22-9-7-10-23(17-22)35-4/h7,9-10,12-15,17,19,24H,6,8,11,16,18H2,1-5H3,(H,28,32). The summed E-state index contributed by atoms with van der Waals surface area (Å²) in [6.45, 7) is 5.96. The van der Waals surface area contributed by atoms with E-state index in [4.69, 9.17) is 16.3 Å². The summed E-state index contributed by atoms with van der Waals surface area (Å²) >= 11 is 6.01. The van der Waals surface area contributed by atoms with Crippen molar-refractivity contribution < 1.29 is 22.7 Å². The van der Waals surface area contributed by atoms with Gasteiger partial charge in [0.1, 0.15) is 11.8 Å². The zero-order valence-electron chi connectivity index (χ0n) is 21.5. The molecule has 0 saturated heterocycles. The molecule has 0 aliphatic heterocycles. The predicted molar refractivity (Wildman–Crippen MR) is 144 cm³/mol. The molecule has 0 heterocycles. The molecule has 0 spiro atoms. The van der Waals surface area contributed by atoms with Crippen LogP contribution in [0.2, 0.25) is 5.02 Å². The molecule has 2 aromatic carbocycles. The molecule has 0 saturated carbocycles.